The molecule has 96 valence electrons. The van der Waals surface area contributed by atoms with E-state index in [1.54, 1.807) is 30.5 Å². The summed E-state index contributed by atoms with van der Waals surface area (Å²) >= 11 is 3.96. The quantitative estimate of drug-likeness (QED) is 0.512. The zero-order valence-electron chi connectivity index (χ0n) is 10.1. The topological polar surface area (TPSA) is 59.4 Å². The van der Waals surface area contributed by atoms with E-state index in [9.17, 15) is 4.79 Å². The normalized spacial score (nSPS) is 13.5. The van der Waals surface area contributed by atoms with E-state index in [0.29, 0.717) is 11.3 Å². The molecule has 1 unspecified atom stereocenters. The molecule has 0 saturated carbocycles. The van der Waals surface area contributed by atoms with Crippen LogP contribution in [0.3, 0.4) is 0 Å². The van der Waals surface area contributed by atoms with Gasteiger partial charge in [-0.05, 0) is 31.2 Å². The number of aliphatic carboxylic acids is 1. The fourth-order valence-electron chi connectivity index (χ4n) is 1.53. The number of hydrogen-bond donors (Lipinski definition) is 2. The predicted octanol–water partition coefficient (Wildman–Crippen LogP) is 2.33. The molecule has 1 heterocycles. The Hall–Kier alpha value is -2.19. The third kappa shape index (κ3) is 2.80. The fraction of sp³-hybridized carbons (Fsp3) is 0.143. The number of carboxylic acids is 1. The number of nitrogens with zero attached hydrogens (tertiary/aromatic N) is 1. The third-order valence-corrected chi connectivity index (χ3v) is 2.82. The minimum absolute atomic E-state index is 0.392. The molecule has 0 aliphatic heterocycles. The summed E-state index contributed by atoms with van der Waals surface area (Å²) in [6.07, 6.45) is 6.91. The van der Waals surface area contributed by atoms with Crippen molar-refractivity contribution in [1.29, 1.82) is 0 Å². The van der Waals surface area contributed by atoms with Gasteiger partial charge in [-0.2, -0.15) is 0 Å². The van der Waals surface area contributed by atoms with Gasteiger partial charge in [0.15, 0.2) is 0 Å². The standard InChI is InChI=1S/C14H11NO3S/c1-3-9-6-10-7-11(4-5-12(10)15-8-9)18-14(2,19)13(16)17/h1,4-8,19H,2H3,(H,16,17). The molecular weight excluding hydrogens is 262 g/mol. The van der Waals surface area contributed by atoms with E-state index < -0.39 is 10.9 Å². The highest BCUT2D eigenvalue weighted by molar-refractivity contribution is 7.82. The molecule has 1 atom stereocenters. The van der Waals surface area contributed by atoms with E-state index >= 15 is 0 Å². The van der Waals surface area contributed by atoms with E-state index in [1.165, 1.54) is 6.92 Å². The van der Waals surface area contributed by atoms with Crippen LogP contribution < -0.4 is 4.74 Å². The fourth-order valence-corrected chi connectivity index (χ4v) is 1.63. The number of carbonyl (C=O) groups is 1. The van der Waals surface area contributed by atoms with Crippen LogP contribution in [0.2, 0.25) is 0 Å². The Kier molecular flexibility index (Phi) is 3.36. The molecule has 0 amide bonds. The zero-order chi connectivity index (χ0) is 14.0. The Labute approximate surface area is 115 Å². The van der Waals surface area contributed by atoms with Crippen LogP contribution in [0.1, 0.15) is 12.5 Å². The summed E-state index contributed by atoms with van der Waals surface area (Å²) in [5.74, 6) is 1.72. The van der Waals surface area contributed by atoms with E-state index in [2.05, 4.69) is 23.5 Å². The van der Waals surface area contributed by atoms with Crippen molar-refractivity contribution in [3.05, 3.63) is 36.0 Å². The first-order valence-corrected chi connectivity index (χ1v) is 5.88. The number of hydrogen-bond acceptors (Lipinski definition) is 4. The Balaban J connectivity index is 2.41. The molecule has 0 spiro atoms. The number of carboxylic acid groups (broad SMARTS) is 1. The summed E-state index contributed by atoms with van der Waals surface area (Å²) in [7, 11) is 0. The molecule has 0 saturated heterocycles. The van der Waals surface area contributed by atoms with Gasteiger partial charge < -0.3 is 9.84 Å². The van der Waals surface area contributed by atoms with Gasteiger partial charge in [0.25, 0.3) is 0 Å². The van der Waals surface area contributed by atoms with E-state index in [1.807, 2.05) is 0 Å². The van der Waals surface area contributed by atoms with Gasteiger partial charge in [0.05, 0.1) is 5.52 Å². The summed E-state index contributed by atoms with van der Waals surface area (Å²) in [5.41, 5.74) is 1.40. The monoisotopic (exact) mass is 273 g/mol. The van der Waals surface area contributed by atoms with Crippen molar-refractivity contribution < 1.29 is 14.6 Å². The second kappa shape index (κ2) is 4.82. The van der Waals surface area contributed by atoms with Crippen molar-refractivity contribution in [2.45, 2.75) is 11.9 Å². The van der Waals surface area contributed by atoms with Crippen molar-refractivity contribution in [2.75, 3.05) is 0 Å². The van der Waals surface area contributed by atoms with Crippen LogP contribution in [0, 0.1) is 12.3 Å². The SMILES string of the molecule is C#Cc1cnc2ccc(OC(C)(S)C(=O)O)cc2c1. The summed E-state index contributed by atoms with van der Waals surface area (Å²) in [5, 5.41) is 9.74. The number of aromatic nitrogens is 1. The third-order valence-electron chi connectivity index (χ3n) is 2.53. The maximum absolute atomic E-state index is 10.9. The molecule has 0 bridgehead atoms. The maximum atomic E-state index is 10.9. The Morgan fingerprint density at radius 1 is 1.53 bits per heavy atom. The maximum Gasteiger partial charge on any atom is 0.358 e. The number of fused-ring (bicyclic) bond motifs is 1. The smallest absolute Gasteiger partial charge is 0.358 e. The lowest BCUT2D eigenvalue weighted by Crippen LogP contribution is -2.35. The minimum Gasteiger partial charge on any atom is -0.478 e. The first kappa shape index (κ1) is 13.2. The lowest BCUT2D eigenvalue weighted by molar-refractivity contribution is -0.146. The van der Waals surface area contributed by atoms with Gasteiger partial charge in [0.1, 0.15) is 5.75 Å². The van der Waals surface area contributed by atoms with Gasteiger partial charge >= 0.3 is 5.97 Å². The molecule has 2 aromatic rings. The first-order chi connectivity index (χ1) is 8.92. The number of thiol groups is 1. The molecule has 0 fully saturated rings. The van der Waals surface area contributed by atoms with Crippen LogP contribution in [-0.4, -0.2) is 21.0 Å². The average molecular weight is 273 g/mol. The van der Waals surface area contributed by atoms with Crippen LogP contribution in [0.15, 0.2) is 30.5 Å². The number of terminal acetylenes is 1. The molecule has 19 heavy (non-hydrogen) atoms. The molecule has 0 aliphatic carbocycles. The Morgan fingerprint density at radius 3 is 2.89 bits per heavy atom. The van der Waals surface area contributed by atoms with Gasteiger partial charge in [-0.1, -0.05) is 5.92 Å². The average Bonchev–Trinajstić information content (AvgIpc) is 2.37. The minimum atomic E-state index is -1.59. The summed E-state index contributed by atoms with van der Waals surface area (Å²) in [6.45, 7) is 1.36. The second-order valence-corrected chi connectivity index (χ2v) is 4.97. The number of rotatable bonds is 3. The van der Waals surface area contributed by atoms with Crippen molar-refractivity contribution in [3.63, 3.8) is 0 Å². The number of ether oxygens (including phenoxy) is 1. The van der Waals surface area contributed by atoms with Gasteiger partial charge in [-0.15, -0.1) is 19.1 Å². The summed E-state index contributed by atoms with van der Waals surface area (Å²) in [6, 6.07) is 6.84. The first-order valence-electron chi connectivity index (χ1n) is 5.43. The zero-order valence-corrected chi connectivity index (χ0v) is 11.0. The van der Waals surface area contributed by atoms with Gasteiger partial charge in [0.2, 0.25) is 4.93 Å². The largest absolute Gasteiger partial charge is 0.478 e. The molecule has 5 heteroatoms. The molecule has 1 N–H and O–H groups in total. The van der Waals surface area contributed by atoms with E-state index in [4.69, 9.17) is 16.3 Å². The van der Waals surface area contributed by atoms with Gasteiger partial charge in [-0.3, -0.25) is 4.98 Å². The van der Waals surface area contributed by atoms with Gasteiger partial charge in [0, 0.05) is 17.1 Å². The van der Waals surface area contributed by atoms with Crippen LogP contribution in [-0.2, 0) is 4.79 Å². The summed E-state index contributed by atoms with van der Waals surface area (Å²) in [4.78, 5) is 13.5. The lowest BCUT2D eigenvalue weighted by Gasteiger charge is -2.20. The number of pyridine rings is 1. The highest BCUT2D eigenvalue weighted by Gasteiger charge is 2.30. The van der Waals surface area contributed by atoms with Crippen molar-refractivity contribution in [1.82, 2.24) is 4.98 Å². The van der Waals surface area contributed by atoms with Crippen LogP contribution in [0.4, 0.5) is 0 Å². The van der Waals surface area contributed by atoms with Crippen molar-refractivity contribution in [2.24, 2.45) is 0 Å². The van der Waals surface area contributed by atoms with Crippen molar-refractivity contribution >= 4 is 29.5 Å². The number of benzene rings is 1. The Morgan fingerprint density at radius 2 is 2.26 bits per heavy atom. The van der Waals surface area contributed by atoms with E-state index in [0.717, 1.165) is 10.9 Å². The lowest BCUT2D eigenvalue weighted by atomic mass is 10.1. The molecular formula is C14H11NO3S. The van der Waals surface area contributed by atoms with Crippen LogP contribution in [0.25, 0.3) is 10.9 Å². The predicted molar refractivity (Wildman–Crippen MR) is 75.3 cm³/mol. The Bertz CT molecular complexity index is 689. The van der Waals surface area contributed by atoms with Gasteiger partial charge in [-0.25, -0.2) is 4.79 Å². The molecule has 0 radical (unpaired) electrons. The highest BCUT2D eigenvalue weighted by atomic mass is 32.1. The highest BCUT2D eigenvalue weighted by Crippen LogP contribution is 2.25. The molecule has 1 aromatic heterocycles. The van der Waals surface area contributed by atoms with Crippen molar-refractivity contribution in [3.8, 4) is 18.1 Å². The van der Waals surface area contributed by atoms with Crippen LogP contribution in [0.5, 0.6) is 5.75 Å². The van der Waals surface area contributed by atoms with E-state index in [-0.39, 0.29) is 0 Å². The molecule has 1 aromatic carbocycles. The molecule has 0 aliphatic rings. The summed E-state index contributed by atoms with van der Waals surface area (Å²) < 4.78 is 5.33. The second-order valence-electron chi connectivity index (χ2n) is 4.11. The molecule has 4 nitrogen and oxygen atoms in total. The molecule has 2 rings (SSSR count). The van der Waals surface area contributed by atoms with Crippen LogP contribution >= 0.6 is 12.6 Å².